The van der Waals surface area contributed by atoms with Crippen LogP contribution in [0.15, 0.2) is 71.3 Å². The molecule has 6 rings (SSSR count). The van der Waals surface area contributed by atoms with Crippen LogP contribution in [0.25, 0.3) is 6.08 Å². The second-order valence-corrected chi connectivity index (χ2v) is 12.6. The minimum Gasteiger partial charge on any atom is -0.507 e. The molecule has 3 heterocycles. The minimum atomic E-state index is -1.04. The Labute approximate surface area is 253 Å². The van der Waals surface area contributed by atoms with Crippen LogP contribution in [0.3, 0.4) is 0 Å². The van der Waals surface area contributed by atoms with Gasteiger partial charge in [0, 0.05) is 31.2 Å². The molecule has 8 nitrogen and oxygen atoms in total. The summed E-state index contributed by atoms with van der Waals surface area (Å²) in [5.74, 6) is -1.40. The summed E-state index contributed by atoms with van der Waals surface area (Å²) < 4.78 is 6.02. The van der Waals surface area contributed by atoms with Crippen LogP contribution >= 0.6 is 0 Å². The summed E-state index contributed by atoms with van der Waals surface area (Å²) in [5.41, 5.74) is 4.70. The number of amides is 2. The van der Waals surface area contributed by atoms with Crippen LogP contribution in [0.5, 0.6) is 5.75 Å². The van der Waals surface area contributed by atoms with E-state index in [1.54, 1.807) is 17.0 Å². The van der Waals surface area contributed by atoms with Crippen LogP contribution in [0.2, 0.25) is 6.32 Å². The fourth-order valence-corrected chi connectivity index (χ4v) is 7.78. The first-order chi connectivity index (χ1) is 20.8. The molecule has 3 aliphatic heterocycles. The molecule has 0 unspecified atom stereocenters. The normalized spacial score (nSPS) is 27.1. The first kappa shape index (κ1) is 29.8. The monoisotopic (exact) mass is 584 g/mol. The van der Waals surface area contributed by atoms with Crippen molar-refractivity contribution in [3.05, 3.63) is 82.4 Å². The molecule has 4 atom stereocenters. The van der Waals surface area contributed by atoms with E-state index in [2.05, 4.69) is 17.0 Å². The molecule has 2 amide bonds. The van der Waals surface area contributed by atoms with E-state index >= 15 is 0 Å². The maximum atomic E-state index is 14.0. The number of carbonyl (C=O) groups is 2. The minimum absolute atomic E-state index is 0.124. The van der Waals surface area contributed by atoms with E-state index in [0.717, 1.165) is 54.8 Å². The number of imide groups is 1. The van der Waals surface area contributed by atoms with Crippen LogP contribution < -0.4 is 0 Å². The van der Waals surface area contributed by atoms with Crippen molar-refractivity contribution in [1.82, 2.24) is 9.80 Å². The molecule has 3 saturated heterocycles. The second kappa shape index (κ2) is 12.8. The topological polar surface area (TPSA) is 111 Å². The lowest BCUT2D eigenvalue weighted by molar-refractivity contribution is -0.144. The molecule has 43 heavy (non-hydrogen) atoms. The molecule has 0 aromatic heterocycles. The van der Waals surface area contributed by atoms with Gasteiger partial charge in [0.2, 0.25) is 11.8 Å². The summed E-state index contributed by atoms with van der Waals surface area (Å²) >= 11 is 0. The van der Waals surface area contributed by atoms with Gasteiger partial charge in [-0.15, -0.1) is 0 Å². The smallest absolute Gasteiger partial charge is 0.455 e. The molecule has 2 aromatic carbocycles. The largest absolute Gasteiger partial charge is 0.507 e. The highest BCUT2D eigenvalue weighted by atomic mass is 16.5. The number of rotatable bonds is 8. The number of nitrogens with zero attached hydrogens (tertiary/aromatic N) is 2. The number of piperidine rings is 1. The number of fused-ring (bicyclic) bond motifs is 3. The number of phenolic OH excluding ortho intramolecular Hbond substituents is 1. The molecular weight excluding hydrogens is 543 g/mol. The summed E-state index contributed by atoms with van der Waals surface area (Å²) in [4.78, 5) is 31.8. The van der Waals surface area contributed by atoms with Gasteiger partial charge in [-0.2, -0.15) is 0 Å². The maximum absolute atomic E-state index is 14.0. The number of aliphatic hydroxyl groups is 1. The van der Waals surface area contributed by atoms with Crippen molar-refractivity contribution in [1.29, 1.82) is 0 Å². The molecule has 3 N–H and O–H groups in total. The molecule has 4 aliphatic rings. The molecule has 0 radical (unpaired) electrons. The Kier molecular flexibility index (Phi) is 8.86. The number of allylic oxidation sites excluding steroid dienone is 1. The zero-order valence-corrected chi connectivity index (χ0v) is 24.8. The summed E-state index contributed by atoms with van der Waals surface area (Å²) in [6.45, 7) is 4.29. The third-order valence-corrected chi connectivity index (χ3v) is 9.84. The summed E-state index contributed by atoms with van der Waals surface area (Å²) in [5, 5.41) is 31.4. The highest BCUT2D eigenvalue weighted by Crippen LogP contribution is 2.51. The van der Waals surface area contributed by atoms with Crippen LogP contribution in [0, 0.1) is 17.8 Å². The average molecular weight is 585 g/mol. The molecule has 2 aromatic rings. The third-order valence-electron chi connectivity index (χ3n) is 9.84. The molecule has 0 saturated carbocycles. The number of aliphatic hydroxyl groups excluding tert-OH is 1. The fourth-order valence-electron chi connectivity index (χ4n) is 7.78. The predicted molar refractivity (Wildman–Crippen MR) is 164 cm³/mol. The fraction of sp³-hybridized carbons (Fsp3) is 0.471. The zero-order valence-electron chi connectivity index (χ0n) is 24.8. The van der Waals surface area contributed by atoms with E-state index in [1.165, 1.54) is 5.56 Å². The van der Waals surface area contributed by atoms with E-state index in [0.29, 0.717) is 19.3 Å². The number of carbonyl (C=O) groups excluding carboxylic acids is 2. The van der Waals surface area contributed by atoms with Gasteiger partial charge in [-0.25, -0.2) is 0 Å². The molecule has 1 aliphatic carbocycles. The average Bonchev–Trinajstić information content (AvgIpc) is 3.26. The summed E-state index contributed by atoms with van der Waals surface area (Å²) in [7, 11) is -1.04. The van der Waals surface area contributed by atoms with Gasteiger partial charge in [0.05, 0.1) is 24.5 Å². The molecule has 0 bridgehead atoms. The van der Waals surface area contributed by atoms with Crippen molar-refractivity contribution < 1.29 is 29.5 Å². The van der Waals surface area contributed by atoms with Crippen molar-refractivity contribution in [3.63, 3.8) is 0 Å². The molecule has 226 valence electrons. The Balaban J connectivity index is 1.16. The quantitative estimate of drug-likeness (QED) is 0.244. The Morgan fingerprint density at radius 2 is 1.74 bits per heavy atom. The van der Waals surface area contributed by atoms with E-state index in [4.69, 9.17) is 4.65 Å². The lowest BCUT2D eigenvalue weighted by atomic mass is 9.58. The second-order valence-electron chi connectivity index (χ2n) is 12.6. The number of phenols is 1. The van der Waals surface area contributed by atoms with Gasteiger partial charge in [0.25, 0.3) is 0 Å². The van der Waals surface area contributed by atoms with Crippen molar-refractivity contribution in [3.8, 4) is 5.75 Å². The highest BCUT2D eigenvalue weighted by Gasteiger charge is 2.58. The first-order valence-corrected chi connectivity index (χ1v) is 15.6. The Morgan fingerprint density at radius 1 is 1.02 bits per heavy atom. The van der Waals surface area contributed by atoms with Gasteiger partial charge >= 0.3 is 7.12 Å². The van der Waals surface area contributed by atoms with E-state index in [9.17, 15) is 24.8 Å². The van der Waals surface area contributed by atoms with Gasteiger partial charge < -0.3 is 19.9 Å². The number of hydrogen-bond acceptors (Lipinski definition) is 7. The Hall–Kier alpha value is -3.24. The SMILES string of the molecule is C/C(=C\c1ccccc1O)CC[C@H]1OB(O)C[C@H]2C1=C(CO)C[C@H]1C(=O)N(C3CCN(Cc4ccccc4)CC3)C(=O)[C@H]12. The summed E-state index contributed by atoms with van der Waals surface area (Å²) in [6.07, 6.45) is 4.78. The predicted octanol–water partition coefficient (Wildman–Crippen LogP) is 4.03. The van der Waals surface area contributed by atoms with Gasteiger partial charge in [-0.3, -0.25) is 19.4 Å². The third kappa shape index (κ3) is 6.09. The van der Waals surface area contributed by atoms with Gasteiger partial charge in [0.1, 0.15) is 5.75 Å². The van der Waals surface area contributed by atoms with Crippen molar-refractivity contribution >= 4 is 25.0 Å². The number of benzene rings is 2. The van der Waals surface area contributed by atoms with Crippen LogP contribution in [-0.2, 0) is 20.8 Å². The standard InChI is InChI=1S/C34H41BN2O6/c1-22(17-24-9-5-6-10-29(24)39)11-12-30-31-25(21-38)18-27-32(28(31)19-35(42)43-30)34(41)37(33(27)40)26-13-15-36(16-14-26)20-23-7-3-2-4-8-23/h2-10,17,26-28,30,32,38-39,42H,11-16,18-21H2,1H3/b22-17+/t27-,28+,30-,32-/m1/s1. The lowest BCUT2D eigenvalue weighted by Gasteiger charge is -2.43. The number of aromatic hydroxyl groups is 1. The van der Waals surface area contributed by atoms with Crippen molar-refractivity contribution in [2.75, 3.05) is 19.7 Å². The van der Waals surface area contributed by atoms with Gasteiger partial charge in [0.15, 0.2) is 0 Å². The lowest BCUT2D eigenvalue weighted by Crippen LogP contribution is -2.48. The van der Waals surface area contributed by atoms with Gasteiger partial charge in [-0.1, -0.05) is 60.2 Å². The molecule has 0 spiro atoms. The van der Waals surface area contributed by atoms with Crippen molar-refractivity contribution in [2.24, 2.45) is 17.8 Å². The van der Waals surface area contributed by atoms with Crippen LogP contribution in [0.4, 0.5) is 0 Å². The van der Waals surface area contributed by atoms with Crippen molar-refractivity contribution in [2.45, 2.75) is 64.0 Å². The van der Waals surface area contributed by atoms with Crippen LogP contribution in [0.1, 0.15) is 50.2 Å². The maximum Gasteiger partial charge on any atom is 0.455 e. The van der Waals surface area contributed by atoms with E-state index in [-0.39, 0.29) is 42.5 Å². The number of hydrogen-bond donors (Lipinski definition) is 3. The zero-order chi connectivity index (χ0) is 30.1. The molecule has 3 fully saturated rings. The van der Waals surface area contributed by atoms with E-state index < -0.39 is 25.1 Å². The van der Waals surface area contributed by atoms with Crippen LogP contribution in [-0.4, -0.2) is 75.8 Å². The molecular formula is C34H41BN2O6. The summed E-state index contributed by atoms with van der Waals surface area (Å²) in [6, 6.07) is 17.4. The van der Waals surface area contributed by atoms with Gasteiger partial charge in [-0.05, 0) is 74.0 Å². The number of para-hydroxylation sites is 1. The first-order valence-electron chi connectivity index (χ1n) is 15.6. The Bertz CT molecular complexity index is 1400. The molecule has 9 heteroatoms. The highest BCUT2D eigenvalue weighted by molar-refractivity contribution is 6.43. The number of likely N-dealkylation sites (tertiary alicyclic amines) is 2. The Morgan fingerprint density at radius 3 is 2.47 bits per heavy atom. The van der Waals surface area contributed by atoms with E-state index in [1.807, 2.05) is 43.3 Å².